The van der Waals surface area contributed by atoms with Crippen LogP contribution >= 0.6 is 0 Å². The van der Waals surface area contributed by atoms with E-state index in [4.69, 9.17) is 0 Å². The fourth-order valence-electron chi connectivity index (χ4n) is 3.20. The van der Waals surface area contributed by atoms with Crippen molar-refractivity contribution in [3.63, 3.8) is 0 Å². The molecule has 1 N–H and O–H groups in total. The molecule has 4 rings (SSSR count). The molecule has 0 spiro atoms. The van der Waals surface area contributed by atoms with Gasteiger partial charge in [-0.3, -0.25) is 9.78 Å². The van der Waals surface area contributed by atoms with Gasteiger partial charge in [-0.25, -0.2) is 4.98 Å². The molecule has 0 aliphatic heterocycles. The Morgan fingerprint density at radius 3 is 2.32 bits per heavy atom. The Balaban J connectivity index is 1.56. The van der Waals surface area contributed by atoms with Gasteiger partial charge in [-0.2, -0.15) is 0 Å². The van der Waals surface area contributed by atoms with Crippen molar-refractivity contribution in [1.29, 1.82) is 0 Å². The maximum absolute atomic E-state index is 12.9. The van der Waals surface area contributed by atoms with Crippen molar-refractivity contribution in [2.45, 2.75) is 12.6 Å². The van der Waals surface area contributed by atoms with Crippen LogP contribution in [0.4, 0.5) is 0 Å². The van der Waals surface area contributed by atoms with E-state index >= 15 is 0 Å². The Bertz CT molecular complexity index is 990. The number of aromatic nitrogens is 3. The third-order valence-corrected chi connectivity index (χ3v) is 4.52. The lowest BCUT2D eigenvalue weighted by Crippen LogP contribution is -2.32. The highest BCUT2D eigenvalue weighted by Crippen LogP contribution is 2.22. The second kappa shape index (κ2) is 8.31. The van der Waals surface area contributed by atoms with Crippen LogP contribution in [0.2, 0.25) is 0 Å². The molecule has 0 saturated heterocycles. The monoisotopic (exact) mass is 368 g/mol. The molecule has 0 fully saturated rings. The van der Waals surface area contributed by atoms with E-state index in [2.05, 4.69) is 15.3 Å². The Morgan fingerprint density at radius 2 is 1.61 bits per heavy atom. The van der Waals surface area contributed by atoms with E-state index in [1.54, 1.807) is 18.6 Å². The Hall–Kier alpha value is -3.73. The summed E-state index contributed by atoms with van der Waals surface area (Å²) in [6.45, 7) is 0.188. The van der Waals surface area contributed by atoms with E-state index in [1.807, 2.05) is 83.6 Å². The van der Waals surface area contributed by atoms with Gasteiger partial charge in [0.15, 0.2) is 0 Å². The van der Waals surface area contributed by atoms with E-state index in [9.17, 15) is 4.79 Å². The highest BCUT2D eigenvalue weighted by atomic mass is 16.2. The highest BCUT2D eigenvalue weighted by Gasteiger charge is 2.18. The first-order chi connectivity index (χ1) is 13.8. The summed E-state index contributed by atoms with van der Waals surface area (Å²) in [4.78, 5) is 21.5. The largest absolute Gasteiger partial charge is 0.344 e. The van der Waals surface area contributed by atoms with Crippen molar-refractivity contribution >= 4 is 5.91 Å². The number of benzene rings is 2. The number of hydrogen-bond acceptors (Lipinski definition) is 3. The van der Waals surface area contributed by atoms with Gasteiger partial charge in [0.25, 0.3) is 0 Å². The van der Waals surface area contributed by atoms with Crippen LogP contribution in [0.3, 0.4) is 0 Å². The molecule has 0 aliphatic rings. The van der Waals surface area contributed by atoms with E-state index < -0.39 is 0 Å². The number of imidazole rings is 1. The average molecular weight is 368 g/mol. The van der Waals surface area contributed by atoms with Gasteiger partial charge >= 0.3 is 0 Å². The molecule has 138 valence electrons. The lowest BCUT2D eigenvalue weighted by molar-refractivity contribution is -0.122. The number of nitrogens with zero attached hydrogens (tertiary/aromatic N) is 3. The van der Waals surface area contributed by atoms with Gasteiger partial charge in [0.1, 0.15) is 12.4 Å². The lowest BCUT2D eigenvalue weighted by Gasteiger charge is -2.20. The van der Waals surface area contributed by atoms with E-state index in [1.165, 1.54) is 0 Å². The van der Waals surface area contributed by atoms with Crippen molar-refractivity contribution in [1.82, 2.24) is 19.9 Å². The van der Waals surface area contributed by atoms with Crippen molar-refractivity contribution in [2.24, 2.45) is 0 Å². The van der Waals surface area contributed by atoms with Crippen molar-refractivity contribution in [3.05, 3.63) is 109 Å². The summed E-state index contributed by atoms with van der Waals surface area (Å²) in [5.74, 6) is 0.682. The minimum atomic E-state index is -0.258. The number of carbonyl (C=O) groups is 1. The van der Waals surface area contributed by atoms with Crippen LogP contribution in [0.1, 0.15) is 17.2 Å². The summed E-state index contributed by atoms with van der Waals surface area (Å²) in [6, 6.07) is 23.3. The summed E-state index contributed by atoms with van der Waals surface area (Å²) < 4.78 is 1.86. The molecule has 1 amide bonds. The first-order valence-electron chi connectivity index (χ1n) is 9.12. The van der Waals surface area contributed by atoms with Gasteiger partial charge in [0, 0.05) is 30.4 Å². The maximum Gasteiger partial charge on any atom is 0.240 e. The fraction of sp³-hybridized carbons (Fsp3) is 0.0870. The van der Waals surface area contributed by atoms with Crippen LogP contribution in [-0.4, -0.2) is 20.4 Å². The van der Waals surface area contributed by atoms with Gasteiger partial charge in [-0.15, -0.1) is 0 Å². The maximum atomic E-state index is 12.9. The predicted molar refractivity (Wildman–Crippen MR) is 108 cm³/mol. The van der Waals surface area contributed by atoms with Crippen molar-refractivity contribution in [3.8, 4) is 11.4 Å². The topological polar surface area (TPSA) is 59.8 Å². The SMILES string of the molecule is O=C(Cn1ccnc1-c1ccccc1)N[C@@H](c1ccccc1)c1cccnc1. The van der Waals surface area contributed by atoms with Crippen LogP contribution in [0.15, 0.2) is 97.6 Å². The number of amides is 1. The fourth-order valence-corrected chi connectivity index (χ4v) is 3.20. The lowest BCUT2D eigenvalue weighted by atomic mass is 10.0. The summed E-state index contributed by atoms with van der Waals surface area (Å²) in [5, 5.41) is 3.14. The van der Waals surface area contributed by atoms with Gasteiger partial charge in [0.2, 0.25) is 5.91 Å². The second-order valence-corrected chi connectivity index (χ2v) is 6.44. The molecule has 0 saturated carbocycles. The van der Waals surface area contributed by atoms with Gasteiger partial charge in [0.05, 0.1) is 6.04 Å². The number of rotatable bonds is 6. The summed E-state index contributed by atoms with van der Waals surface area (Å²) >= 11 is 0. The molecule has 5 nitrogen and oxygen atoms in total. The standard InChI is InChI=1S/C23H20N4O/c28-21(17-27-15-14-25-23(27)19-10-5-2-6-11-19)26-22(18-8-3-1-4-9-18)20-12-7-13-24-16-20/h1-16,22H,17H2,(H,26,28)/t22-/m0/s1. The third kappa shape index (κ3) is 3.99. The Morgan fingerprint density at radius 1 is 0.893 bits per heavy atom. The zero-order valence-corrected chi connectivity index (χ0v) is 15.3. The Kier molecular flexibility index (Phi) is 5.24. The van der Waals surface area contributed by atoms with Crippen LogP contribution in [0.5, 0.6) is 0 Å². The molecule has 2 aromatic carbocycles. The van der Waals surface area contributed by atoms with Gasteiger partial charge < -0.3 is 9.88 Å². The number of hydrogen-bond donors (Lipinski definition) is 1. The number of nitrogens with one attached hydrogen (secondary N) is 1. The minimum absolute atomic E-state index is 0.0899. The zero-order valence-electron chi connectivity index (χ0n) is 15.3. The van der Waals surface area contributed by atoms with Crippen LogP contribution in [0, 0.1) is 0 Å². The molecule has 0 bridgehead atoms. The van der Waals surface area contributed by atoms with Crippen LogP contribution in [-0.2, 0) is 11.3 Å². The molecular weight excluding hydrogens is 348 g/mol. The van der Waals surface area contributed by atoms with Crippen LogP contribution in [0.25, 0.3) is 11.4 Å². The first-order valence-corrected chi connectivity index (χ1v) is 9.12. The zero-order chi connectivity index (χ0) is 19.2. The van der Waals surface area contributed by atoms with E-state index in [0.717, 1.165) is 22.5 Å². The molecule has 0 unspecified atom stereocenters. The molecule has 0 aliphatic carbocycles. The molecule has 1 atom stereocenters. The summed E-state index contributed by atoms with van der Waals surface area (Å²) in [6.07, 6.45) is 7.05. The normalized spacial score (nSPS) is 11.7. The first kappa shape index (κ1) is 17.7. The Labute approximate surface area is 163 Å². The molecule has 28 heavy (non-hydrogen) atoms. The van der Waals surface area contributed by atoms with E-state index in [-0.39, 0.29) is 18.5 Å². The second-order valence-electron chi connectivity index (χ2n) is 6.44. The molecule has 2 aromatic heterocycles. The molecule has 0 radical (unpaired) electrons. The molecule has 4 aromatic rings. The number of carbonyl (C=O) groups excluding carboxylic acids is 1. The third-order valence-electron chi connectivity index (χ3n) is 4.52. The summed E-state index contributed by atoms with van der Waals surface area (Å²) in [7, 11) is 0. The van der Waals surface area contributed by atoms with Crippen molar-refractivity contribution < 1.29 is 4.79 Å². The molecule has 2 heterocycles. The predicted octanol–water partition coefficient (Wildman–Crippen LogP) is 3.85. The van der Waals surface area contributed by atoms with Crippen LogP contribution < -0.4 is 5.32 Å². The molecular formula is C23H20N4O. The quantitative estimate of drug-likeness (QED) is 0.562. The van der Waals surface area contributed by atoms with Gasteiger partial charge in [-0.1, -0.05) is 66.7 Å². The molecule has 5 heteroatoms. The summed E-state index contributed by atoms with van der Waals surface area (Å²) in [5.41, 5.74) is 2.93. The van der Waals surface area contributed by atoms with Gasteiger partial charge in [-0.05, 0) is 17.2 Å². The minimum Gasteiger partial charge on any atom is -0.344 e. The average Bonchev–Trinajstić information content (AvgIpc) is 3.22. The smallest absolute Gasteiger partial charge is 0.240 e. The van der Waals surface area contributed by atoms with E-state index in [0.29, 0.717) is 0 Å². The van der Waals surface area contributed by atoms with Crippen molar-refractivity contribution in [2.75, 3.05) is 0 Å². The highest BCUT2D eigenvalue weighted by molar-refractivity contribution is 5.77. The number of pyridine rings is 1.